The molecule has 0 fully saturated rings. The van der Waals surface area contributed by atoms with E-state index in [9.17, 15) is 4.79 Å². The van der Waals surface area contributed by atoms with Crippen molar-refractivity contribution in [2.75, 3.05) is 19.0 Å². The SMILES string of the molecule is COc1ccccc1CCNC(=O)c1cc(NC(C)C)nc(-c2ccccc2)n1. The lowest BCUT2D eigenvalue weighted by molar-refractivity contribution is 0.0949. The Kier molecular flexibility index (Phi) is 6.79. The number of para-hydroxylation sites is 1. The molecule has 29 heavy (non-hydrogen) atoms. The molecule has 0 unspecified atom stereocenters. The van der Waals surface area contributed by atoms with E-state index in [2.05, 4.69) is 20.6 Å². The second kappa shape index (κ2) is 9.68. The maximum atomic E-state index is 12.8. The van der Waals surface area contributed by atoms with Crippen molar-refractivity contribution in [2.45, 2.75) is 26.3 Å². The number of anilines is 1. The number of rotatable bonds is 8. The molecule has 150 valence electrons. The lowest BCUT2D eigenvalue weighted by Gasteiger charge is -2.13. The molecule has 0 spiro atoms. The number of ether oxygens (including phenoxy) is 1. The average Bonchev–Trinajstić information content (AvgIpc) is 2.74. The molecular formula is C23H26N4O2. The minimum absolute atomic E-state index is 0.190. The summed E-state index contributed by atoms with van der Waals surface area (Å²) in [6, 6.07) is 19.3. The first kappa shape index (κ1) is 20.3. The zero-order valence-electron chi connectivity index (χ0n) is 17.0. The third-order valence-corrected chi connectivity index (χ3v) is 4.30. The fourth-order valence-corrected chi connectivity index (χ4v) is 2.96. The molecule has 0 saturated heterocycles. The molecule has 0 aliphatic heterocycles. The molecule has 0 bridgehead atoms. The van der Waals surface area contributed by atoms with Gasteiger partial charge < -0.3 is 15.4 Å². The summed E-state index contributed by atoms with van der Waals surface area (Å²) < 4.78 is 5.36. The summed E-state index contributed by atoms with van der Waals surface area (Å²) >= 11 is 0. The first-order chi connectivity index (χ1) is 14.1. The van der Waals surface area contributed by atoms with E-state index in [0.717, 1.165) is 16.9 Å². The molecule has 0 aliphatic rings. The van der Waals surface area contributed by atoms with E-state index in [-0.39, 0.29) is 11.9 Å². The number of hydrogen-bond acceptors (Lipinski definition) is 5. The van der Waals surface area contributed by atoms with Crippen LogP contribution in [0.4, 0.5) is 5.82 Å². The number of nitrogens with one attached hydrogen (secondary N) is 2. The predicted molar refractivity (Wildman–Crippen MR) is 115 cm³/mol. The monoisotopic (exact) mass is 390 g/mol. The van der Waals surface area contributed by atoms with Crippen molar-refractivity contribution in [1.29, 1.82) is 0 Å². The van der Waals surface area contributed by atoms with Gasteiger partial charge in [0.15, 0.2) is 5.82 Å². The quantitative estimate of drug-likeness (QED) is 0.609. The van der Waals surface area contributed by atoms with Gasteiger partial charge in [0.25, 0.3) is 5.91 Å². The van der Waals surface area contributed by atoms with E-state index in [0.29, 0.717) is 30.3 Å². The second-order valence-corrected chi connectivity index (χ2v) is 6.94. The Morgan fingerprint density at radius 1 is 1.03 bits per heavy atom. The van der Waals surface area contributed by atoms with E-state index in [4.69, 9.17) is 4.74 Å². The van der Waals surface area contributed by atoms with Crippen LogP contribution in [0.5, 0.6) is 5.75 Å². The first-order valence-electron chi connectivity index (χ1n) is 9.68. The zero-order chi connectivity index (χ0) is 20.6. The normalized spacial score (nSPS) is 10.6. The van der Waals surface area contributed by atoms with Gasteiger partial charge >= 0.3 is 0 Å². The van der Waals surface area contributed by atoms with Crippen LogP contribution >= 0.6 is 0 Å². The van der Waals surface area contributed by atoms with E-state index >= 15 is 0 Å². The van der Waals surface area contributed by atoms with Gasteiger partial charge in [0.05, 0.1) is 7.11 Å². The van der Waals surface area contributed by atoms with Crippen LogP contribution < -0.4 is 15.4 Å². The molecule has 1 aromatic heterocycles. The number of aromatic nitrogens is 2. The fraction of sp³-hybridized carbons (Fsp3) is 0.261. The van der Waals surface area contributed by atoms with Gasteiger partial charge in [-0.3, -0.25) is 4.79 Å². The van der Waals surface area contributed by atoms with Gasteiger partial charge in [-0.2, -0.15) is 0 Å². The maximum Gasteiger partial charge on any atom is 0.270 e. The van der Waals surface area contributed by atoms with Gasteiger partial charge in [0.1, 0.15) is 17.3 Å². The topological polar surface area (TPSA) is 76.1 Å². The van der Waals surface area contributed by atoms with Crippen molar-refractivity contribution in [2.24, 2.45) is 0 Å². The summed E-state index contributed by atoms with van der Waals surface area (Å²) in [7, 11) is 1.65. The van der Waals surface area contributed by atoms with Gasteiger partial charge in [-0.25, -0.2) is 9.97 Å². The highest BCUT2D eigenvalue weighted by Gasteiger charge is 2.14. The Balaban J connectivity index is 1.76. The number of hydrogen-bond donors (Lipinski definition) is 2. The Labute approximate surface area is 171 Å². The summed E-state index contributed by atoms with van der Waals surface area (Å²) in [4.78, 5) is 21.8. The molecule has 1 amide bonds. The number of methoxy groups -OCH3 is 1. The van der Waals surface area contributed by atoms with Crippen LogP contribution in [-0.4, -0.2) is 35.6 Å². The van der Waals surface area contributed by atoms with Crippen molar-refractivity contribution in [3.05, 3.63) is 71.9 Å². The Hall–Kier alpha value is -3.41. The molecule has 0 saturated carbocycles. The van der Waals surface area contributed by atoms with Crippen LogP contribution in [0, 0.1) is 0 Å². The largest absolute Gasteiger partial charge is 0.496 e. The van der Waals surface area contributed by atoms with Gasteiger partial charge in [-0.1, -0.05) is 48.5 Å². The van der Waals surface area contributed by atoms with Crippen LogP contribution in [0.3, 0.4) is 0 Å². The lowest BCUT2D eigenvalue weighted by atomic mass is 10.1. The molecule has 0 atom stereocenters. The molecule has 6 heteroatoms. The van der Waals surface area contributed by atoms with E-state index in [1.165, 1.54) is 0 Å². The smallest absolute Gasteiger partial charge is 0.270 e. The van der Waals surface area contributed by atoms with Gasteiger partial charge in [-0.05, 0) is 31.9 Å². The standard InChI is InChI=1S/C23H26N4O2/c1-16(2)25-21-15-19(26-22(27-21)18-10-5-4-6-11-18)23(28)24-14-13-17-9-7-8-12-20(17)29-3/h4-12,15-16H,13-14H2,1-3H3,(H,24,28)(H,25,26,27). The molecule has 2 aromatic carbocycles. The van der Waals surface area contributed by atoms with Gasteiger partial charge in [0, 0.05) is 24.2 Å². The van der Waals surface area contributed by atoms with Crippen LogP contribution in [0.1, 0.15) is 29.9 Å². The van der Waals surface area contributed by atoms with E-state index < -0.39 is 0 Å². The highest BCUT2D eigenvalue weighted by atomic mass is 16.5. The van der Waals surface area contributed by atoms with Crippen LogP contribution in [0.15, 0.2) is 60.7 Å². The number of benzene rings is 2. The van der Waals surface area contributed by atoms with Crippen LogP contribution in [0.25, 0.3) is 11.4 Å². The average molecular weight is 390 g/mol. The third kappa shape index (κ3) is 5.54. The van der Waals surface area contributed by atoms with Gasteiger partial charge in [-0.15, -0.1) is 0 Å². The minimum Gasteiger partial charge on any atom is -0.496 e. The molecule has 3 rings (SSSR count). The summed E-state index contributed by atoms with van der Waals surface area (Å²) in [6.45, 7) is 4.53. The summed E-state index contributed by atoms with van der Waals surface area (Å²) in [5.74, 6) is 1.74. The minimum atomic E-state index is -0.230. The highest BCUT2D eigenvalue weighted by molar-refractivity contribution is 5.93. The van der Waals surface area contributed by atoms with Gasteiger partial charge in [0.2, 0.25) is 0 Å². The Bertz CT molecular complexity index is 958. The molecule has 6 nitrogen and oxygen atoms in total. The molecule has 0 radical (unpaired) electrons. The van der Waals surface area contributed by atoms with Crippen molar-refractivity contribution in [3.8, 4) is 17.1 Å². The summed E-state index contributed by atoms with van der Waals surface area (Å²) in [5.41, 5.74) is 2.25. The van der Waals surface area contributed by atoms with Crippen molar-refractivity contribution < 1.29 is 9.53 Å². The molecule has 1 heterocycles. The number of carbonyl (C=O) groups excluding carboxylic acids is 1. The number of carbonyl (C=O) groups is 1. The number of nitrogens with zero attached hydrogens (tertiary/aromatic N) is 2. The third-order valence-electron chi connectivity index (χ3n) is 4.30. The second-order valence-electron chi connectivity index (χ2n) is 6.94. The maximum absolute atomic E-state index is 12.8. The summed E-state index contributed by atoms with van der Waals surface area (Å²) in [5, 5.41) is 6.20. The molecule has 0 aliphatic carbocycles. The highest BCUT2D eigenvalue weighted by Crippen LogP contribution is 2.19. The van der Waals surface area contributed by atoms with Crippen molar-refractivity contribution in [3.63, 3.8) is 0 Å². The van der Waals surface area contributed by atoms with Crippen LogP contribution in [0.2, 0.25) is 0 Å². The molecular weight excluding hydrogens is 364 g/mol. The summed E-state index contributed by atoms with van der Waals surface area (Å²) in [6.07, 6.45) is 0.670. The Morgan fingerprint density at radius 3 is 2.48 bits per heavy atom. The predicted octanol–water partition coefficient (Wildman–Crippen LogP) is 3.95. The van der Waals surface area contributed by atoms with Crippen LogP contribution in [-0.2, 0) is 6.42 Å². The number of amides is 1. The molecule has 2 N–H and O–H groups in total. The molecule has 3 aromatic rings. The van der Waals surface area contributed by atoms with E-state index in [1.54, 1.807) is 13.2 Å². The first-order valence-corrected chi connectivity index (χ1v) is 9.68. The Morgan fingerprint density at radius 2 is 1.76 bits per heavy atom. The lowest BCUT2D eigenvalue weighted by Crippen LogP contribution is -2.27. The fourth-order valence-electron chi connectivity index (χ4n) is 2.96. The van der Waals surface area contributed by atoms with Crippen molar-refractivity contribution in [1.82, 2.24) is 15.3 Å². The van der Waals surface area contributed by atoms with E-state index in [1.807, 2.05) is 68.4 Å². The van der Waals surface area contributed by atoms with Crippen molar-refractivity contribution >= 4 is 11.7 Å². The zero-order valence-corrected chi connectivity index (χ0v) is 17.0.